The van der Waals surface area contributed by atoms with Crippen molar-refractivity contribution < 1.29 is 9.26 Å². The van der Waals surface area contributed by atoms with E-state index in [1.165, 1.54) is 0 Å². The Morgan fingerprint density at radius 2 is 2.29 bits per heavy atom. The molecule has 0 radical (unpaired) electrons. The zero-order valence-electron chi connectivity index (χ0n) is 8.75. The van der Waals surface area contributed by atoms with Gasteiger partial charge in [0, 0.05) is 13.0 Å². The molecular weight excluding hydrogens is 182 g/mol. The molecule has 0 aromatic carbocycles. The molecule has 0 bridgehead atoms. The number of nitrogens with one attached hydrogen (secondary N) is 1. The Morgan fingerprint density at radius 1 is 1.43 bits per heavy atom. The highest BCUT2D eigenvalue weighted by molar-refractivity contribution is 4.85. The molecule has 0 aliphatic carbocycles. The lowest BCUT2D eigenvalue weighted by atomic mass is 10.4. The summed E-state index contributed by atoms with van der Waals surface area (Å²) in [5.74, 6) is 1.35. The fourth-order valence-electron chi connectivity index (χ4n) is 1.00. The second-order valence-electron chi connectivity index (χ2n) is 2.83. The van der Waals surface area contributed by atoms with Crippen molar-refractivity contribution in [1.82, 2.24) is 15.5 Å². The first-order valence-electron chi connectivity index (χ1n) is 4.96. The Labute approximate surface area is 83.8 Å². The number of nitrogens with zero attached hydrogens (tertiary/aromatic N) is 2. The van der Waals surface area contributed by atoms with E-state index in [-0.39, 0.29) is 0 Å². The predicted octanol–water partition coefficient (Wildman–Crippen LogP) is 0.758. The van der Waals surface area contributed by atoms with Crippen LogP contribution in [0.4, 0.5) is 0 Å². The number of hydrogen-bond acceptors (Lipinski definition) is 5. The van der Waals surface area contributed by atoms with E-state index in [9.17, 15) is 0 Å². The van der Waals surface area contributed by atoms with Crippen LogP contribution in [-0.2, 0) is 17.7 Å². The van der Waals surface area contributed by atoms with E-state index in [2.05, 4.69) is 15.5 Å². The van der Waals surface area contributed by atoms with E-state index in [4.69, 9.17) is 9.26 Å². The molecule has 14 heavy (non-hydrogen) atoms. The Balaban J connectivity index is 2.27. The molecule has 80 valence electrons. The Kier molecular flexibility index (Phi) is 5.17. The van der Waals surface area contributed by atoms with E-state index >= 15 is 0 Å². The molecule has 0 aliphatic rings. The van der Waals surface area contributed by atoms with Gasteiger partial charge in [-0.2, -0.15) is 4.98 Å². The summed E-state index contributed by atoms with van der Waals surface area (Å²) in [5, 5.41) is 6.95. The Bertz CT molecular complexity index is 250. The molecule has 5 heteroatoms. The Morgan fingerprint density at radius 3 is 3.00 bits per heavy atom. The maximum atomic E-state index is 5.19. The molecule has 0 unspecified atom stereocenters. The van der Waals surface area contributed by atoms with Gasteiger partial charge in [-0.3, -0.25) is 0 Å². The van der Waals surface area contributed by atoms with Crippen LogP contribution in [0.3, 0.4) is 0 Å². The quantitative estimate of drug-likeness (QED) is 0.657. The van der Waals surface area contributed by atoms with Gasteiger partial charge in [-0.1, -0.05) is 12.1 Å². The molecule has 1 aromatic rings. The summed E-state index contributed by atoms with van der Waals surface area (Å²) in [6.45, 7) is 6.91. The fraction of sp³-hybridized carbons (Fsp3) is 0.778. The second kappa shape index (κ2) is 6.50. The van der Waals surface area contributed by atoms with Crippen molar-refractivity contribution in [3.63, 3.8) is 0 Å². The minimum Gasteiger partial charge on any atom is -0.381 e. The SMILES string of the molecule is CCNCc1nc(CCOCC)no1. The highest BCUT2D eigenvalue weighted by Gasteiger charge is 2.04. The molecule has 5 nitrogen and oxygen atoms in total. The summed E-state index contributed by atoms with van der Waals surface area (Å²) in [5.41, 5.74) is 0. The van der Waals surface area contributed by atoms with Crippen molar-refractivity contribution in [3.8, 4) is 0 Å². The zero-order valence-corrected chi connectivity index (χ0v) is 8.75. The van der Waals surface area contributed by atoms with E-state index in [1.54, 1.807) is 0 Å². The third-order valence-electron chi connectivity index (χ3n) is 1.71. The summed E-state index contributed by atoms with van der Waals surface area (Å²) in [4.78, 5) is 4.20. The fourth-order valence-corrected chi connectivity index (χ4v) is 1.00. The minimum atomic E-state index is 0.637. The van der Waals surface area contributed by atoms with Gasteiger partial charge in [0.25, 0.3) is 0 Å². The van der Waals surface area contributed by atoms with Gasteiger partial charge in [0.1, 0.15) is 0 Å². The third kappa shape index (κ3) is 3.85. The van der Waals surface area contributed by atoms with Gasteiger partial charge in [-0.15, -0.1) is 0 Å². The molecule has 0 saturated heterocycles. The summed E-state index contributed by atoms with van der Waals surface area (Å²) < 4.78 is 10.2. The smallest absolute Gasteiger partial charge is 0.240 e. The van der Waals surface area contributed by atoms with Crippen LogP contribution < -0.4 is 5.32 Å². The molecule has 1 rings (SSSR count). The molecular formula is C9H17N3O2. The average Bonchev–Trinajstić information content (AvgIpc) is 2.63. The maximum absolute atomic E-state index is 5.19. The van der Waals surface area contributed by atoms with Crippen molar-refractivity contribution in [2.24, 2.45) is 0 Å². The van der Waals surface area contributed by atoms with Crippen molar-refractivity contribution in [2.45, 2.75) is 26.8 Å². The number of hydrogen-bond donors (Lipinski definition) is 1. The molecule has 0 saturated carbocycles. The lowest BCUT2D eigenvalue weighted by molar-refractivity contribution is 0.149. The topological polar surface area (TPSA) is 60.2 Å². The normalized spacial score (nSPS) is 10.7. The van der Waals surface area contributed by atoms with Gasteiger partial charge < -0.3 is 14.6 Å². The molecule has 1 aromatic heterocycles. The molecule has 0 spiro atoms. The standard InChI is InChI=1S/C9H17N3O2/c1-3-10-7-9-11-8(12-14-9)5-6-13-4-2/h10H,3-7H2,1-2H3. The number of rotatable bonds is 7. The van der Waals surface area contributed by atoms with Crippen molar-refractivity contribution >= 4 is 0 Å². The van der Waals surface area contributed by atoms with E-state index in [0.717, 1.165) is 13.2 Å². The maximum Gasteiger partial charge on any atom is 0.240 e. The number of ether oxygens (including phenoxy) is 1. The third-order valence-corrected chi connectivity index (χ3v) is 1.71. The van der Waals surface area contributed by atoms with Crippen LogP contribution in [0.25, 0.3) is 0 Å². The molecule has 1 N–H and O–H groups in total. The highest BCUT2D eigenvalue weighted by Crippen LogP contribution is 1.97. The minimum absolute atomic E-state index is 0.637. The van der Waals surface area contributed by atoms with Crippen LogP contribution in [0, 0.1) is 0 Å². The van der Waals surface area contributed by atoms with Crippen LogP contribution in [-0.4, -0.2) is 29.9 Å². The molecule has 0 amide bonds. The first-order valence-corrected chi connectivity index (χ1v) is 4.96. The van der Waals surface area contributed by atoms with Crippen molar-refractivity contribution in [1.29, 1.82) is 0 Å². The summed E-state index contributed by atoms with van der Waals surface area (Å²) in [6.07, 6.45) is 0.712. The van der Waals surface area contributed by atoms with E-state index < -0.39 is 0 Å². The summed E-state index contributed by atoms with van der Waals surface area (Å²) in [6, 6.07) is 0. The lowest BCUT2D eigenvalue weighted by Crippen LogP contribution is -2.12. The first-order chi connectivity index (χ1) is 6.86. The van der Waals surface area contributed by atoms with Gasteiger partial charge in [0.2, 0.25) is 5.89 Å². The van der Waals surface area contributed by atoms with E-state index in [0.29, 0.717) is 31.3 Å². The lowest BCUT2D eigenvalue weighted by Gasteiger charge is -1.95. The Hall–Kier alpha value is -0.940. The van der Waals surface area contributed by atoms with Gasteiger partial charge >= 0.3 is 0 Å². The molecule has 0 aliphatic heterocycles. The first kappa shape index (κ1) is 11.1. The van der Waals surface area contributed by atoms with Crippen LogP contribution in [0.5, 0.6) is 0 Å². The van der Waals surface area contributed by atoms with Gasteiger partial charge in [0.05, 0.1) is 13.2 Å². The van der Waals surface area contributed by atoms with Crippen molar-refractivity contribution in [3.05, 3.63) is 11.7 Å². The molecule has 0 fully saturated rings. The van der Waals surface area contributed by atoms with Crippen LogP contribution in [0.2, 0.25) is 0 Å². The van der Waals surface area contributed by atoms with Crippen molar-refractivity contribution in [2.75, 3.05) is 19.8 Å². The second-order valence-corrected chi connectivity index (χ2v) is 2.83. The zero-order chi connectivity index (χ0) is 10.2. The number of aromatic nitrogens is 2. The monoisotopic (exact) mass is 199 g/mol. The highest BCUT2D eigenvalue weighted by atomic mass is 16.5. The summed E-state index contributed by atoms with van der Waals surface area (Å²) in [7, 11) is 0. The van der Waals surface area contributed by atoms with Gasteiger partial charge in [0.15, 0.2) is 5.82 Å². The van der Waals surface area contributed by atoms with Gasteiger partial charge in [-0.05, 0) is 13.5 Å². The van der Waals surface area contributed by atoms with Gasteiger partial charge in [-0.25, -0.2) is 0 Å². The average molecular weight is 199 g/mol. The van der Waals surface area contributed by atoms with Crippen LogP contribution in [0.1, 0.15) is 25.6 Å². The predicted molar refractivity (Wildman–Crippen MR) is 51.9 cm³/mol. The summed E-state index contributed by atoms with van der Waals surface area (Å²) >= 11 is 0. The van der Waals surface area contributed by atoms with E-state index in [1.807, 2.05) is 13.8 Å². The van der Waals surface area contributed by atoms with Crippen LogP contribution >= 0.6 is 0 Å². The molecule has 0 atom stereocenters. The molecule has 1 heterocycles. The van der Waals surface area contributed by atoms with Crippen LogP contribution in [0.15, 0.2) is 4.52 Å². The largest absolute Gasteiger partial charge is 0.381 e.